The van der Waals surface area contributed by atoms with Gasteiger partial charge in [0.05, 0.1) is 28.0 Å². The second kappa shape index (κ2) is 9.49. The second-order valence-corrected chi connectivity index (χ2v) is 9.18. The number of hydrogen-bond donors (Lipinski definition) is 1. The van der Waals surface area contributed by atoms with Gasteiger partial charge in [-0.15, -0.1) is 0 Å². The van der Waals surface area contributed by atoms with E-state index in [1.165, 1.54) is 18.2 Å². The third-order valence-corrected chi connectivity index (χ3v) is 5.69. The minimum Gasteiger partial charge on any atom is -0.491 e. The van der Waals surface area contributed by atoms with Crippen molar-refractivity contribution in [2.45, 2.75) is 19.9 Å². The summed E-state index contributed by atoms with van der Waals surface area (Å²) in [4.78, 5) is 12.4. The molecule has 28 heavy (non-hydrogen) atoms. The number of anilines is 1. The summed E-state index contributed by atoms with van der Waals surface area (Å²) in [5.41, 5.74) is 1.38. The van der Waals surface area contributed by atoms with Gasteiger partial charge < -0.3 is 10.1 Å². The van der Waals surface area contributed by atoms with Crippen molar-refractivity contribution >= 4 is 44.8 Å². The molecule has 6 nitrogen and oxygen atoms in total. The summed E-state index contributed by atoms with van der Waals surface area (Å²) in [6, 6.07) is 11.6. The molecular weight excluding hydrogens is 423 g/mol. The molecule has 0 fully saturated rings. The van der Waals surface area contributed by atoms with Gasteiger partial charge in [-0.05, 0) is 44.2 Å². The summed E-state index contributed by atoms with van der Waals surface area (Å²) in [6.07, 6.45) is 1.02. The molecule has 0 saturated carbocycles. The largest absolute Gasteiger partial charge is 0.491 e. The summed E-state index contributed by atoms with van der Waals surface area (Å²) < 4.78 is 30.9. The highest BCUT2D eigenvalue weighted by molar-refractivity contribution is 7.92. The van der Waals surface area contributed by atoms with Crippen LogP contribution in [0.1, 0.15) is 12.5 Å². The second-order valence-electron chi connectivity index (χ2n) is 6.46. The number of benzene rings is 2. The monoisotopic (exact) mass is 444 g/mol. The van der Waals surface area contributed by atoms with Crippen LogP contribution in [-0.4, -0.2) is 39.8 Å². The summed E-state index contributed by atoms with van der Waals surface area (Å²) in [5, 5.41) is 3.23. The summed E-state index contributed by atoms with van der Waals surface area (Å²) in [5.74, 6) is 0.233. The summed E-state index contributed by atoms with van der Waals surface area (Å²) >= 11 is 11.8. The lowest BCUT2D eigenvalue weighted by atomic mass is 10.2. The standard InChI is InChI=1S/C19H22Cl2N2O4S/c1-13-4-7-16(8-5-13)27-12-14(2)22-19(24)11-23(28(3,25)26)15-6-9-17(20)18(21)10-15/h4-10,14H,11-12H2,1-3H3,(H,22,24)/t14-/m1/s1. The van der Waals surface area contributed by atoms with Crippen LogP contribution in [0.15, 0.2) is 42.5 Å². The van der Waals surface area contributed by atoms with Crippen LogP contribution in [0.25, 0.3) is 0 Å². The molecule has 0 radical (unpaired) electrons. The molecule has 152 valence electrons. The molecule has 2 aromatic rings. The van der Waals surface area contributed by atoms with Gasteiger partial charge in [0, 0.05) is 0 Å². The first-order valence-electron chi connectivity index (χ1n) is 8.48. The fourth-order valence-electron chi connectivity index (χ4n) is 2.39. The first kappa shape index (κ1) is 22.3. The smallest absolute Gasteiger partial charge is 0.241 e. The van der Waals surface area contributed by atoms with Crippen molar-refractivity contribution in [3.63, 3.8) is 0 Å². The Balaban J connectivity index is 1.99. The molecule has 0 aromatic heterocycles. The number of rotatable bonds is 8. The van der Waals surface area contributed by atoms with Crippen molar-refractivity contribution in [2.24, 2.45) is 0 Å². The SMILES string of the molecule is Cc1ccc(OC[C@@H](C)NC(=O)CN(c2ccc(Cl)c(Cl)c2)S(C)(=O)=O)cc1. The Bertz CT molecular complexity index is 933. The van der Waals surface area contributed by atoms with Gasteiger partial charge in [0.1, 0.15) is 18.9 Å². The number of sulfonamides is 1. The van der Waals surface area contributed by atoms with Gasteiger partial charge >= 0.3 is 0 Å². The van der Waals surface area contributed by atoms with Gasteiger partial charge in [-0.2, -0.15) is 0 Å². The van der Waals surface area contributed by atoms with Crippen LogP contribution < -0.4 is 14.4 Å². The zero-order chi connectivity index (χ0) is 20.9. The molecule has 2 rings (SSSR count). The van der Waals surface area contributed by atoms with E-state index in [0.29, 0.717) is 10.8 Å². The zero-order valence-electron chi connectivity index (χ0n) is 15.8. The van der Waals surface area contributed by atoms with E-state index < -0.39 is 15.9 Å². The molecule has 0 spiro atoms. The maximum atomic E-state index is 12.4. The predicted octanol–water partition coefficient (Wildman–Crippen LogP) is 3.65. The fraction of sp³-hybridized carbons (Fsp3) is 0.316. The van der Waals surface area contributed by atoms with E-state index in [0.717, 1.165) is 16.1 Å². The first-order chi connectivity index (χ1) is 13.1. The average Bonchev–Trinajstić information content (AvgIpc) is 2.61. The van der Waals surface area contributed by atoms with Crippen molar-refractivity contribution in [2.75, 3.05) is 23.7 Å². The number of nitrogens with one attached hydrogen (secondary N) is 1. The molecule has 0 unspecified atom stereocenters. The maximum absolute atomic E-state index is 12.4. The van der Waals surface area contributed by atoms with Crippen molar-refractivity contribution in [1.29, 1.82) is 0 Å². The van der Waals surface area contributed by atoms with E-state index in [-0.39, 0.29) is 29.9 Å². The Morgan fingerprint density at radius 2 is 1.79 bits per heavy atom. The molecular formula is C19H22Cl2N2O4S. The topological polar surface area (TPSA) is 75.7 Å². The van der Waals surface area contributed by atoms with E-state index in [4.69, 9.17) is 27.9 Å². The molecule has 0 bridgehead atoms. The number of ether oxygens (including phenoxy) is 1. The highest BCUT2D eigenvalue weighted by Gasteiger charge is 2.22. The molecule has 0 aliphatic rings. The number of nitrogens with zero attached hydrogens (tertiary/aromatic N) is 1. The predicted molar refractivity (Wildman–Crippen MR) is 113 cm³/mol. The van der Waals surface area contributed by atoms with Crippen LogP contribution >= 0.6 is 23.2 Å². The Hall–Kier alpha value is -1.96. The van der Waals surface area contributed by atoms with Gasteiger partial charge in [-0.25, -0.2) is 8.42 Å². The lowest BCUT2D eigenvalue weighted by molar-refractivity contribution is -0.120. The third-order valence-electron chi connectivity index (χ3n) is 3.81. The van der Waals surface area contributed by atoms with Crippen LogP contribution in [0.5, 0.6) is 5.75 Å². The van der Waals surface area contributed by atoms with Crippen LogP contribution in [-0.2, 0) is 14.8 Å². The van der Waals surface area contributed by atoms with E-state index in [1.54, 1.807) is 6.92 Å². The molecule has 0 heterocycles. The third kappa shape index (κ3) is 6.58. The van der Waals surface area contributed by atoms with Crippen LogP contribution in [0, 0.1) is 6.92 Å². The van der Waals surface area contributed by atoms with Crippen molar-refractivity contribution < 1.29 is 17.9 Å². The van der Waals surface area contributed by atoms with Crippen LogP contribution in [0.2, 0.25) is 10.0 Å². The number of amides is 1. The minimum absolute atomic E-state index is 0.202. The quantitative estimate of drug-likeness (QED) is 0.673. The molecule has 1 N–H and O–H groups in total. The highest BCUT2D eigenvalue weighted by Crippen LogP contribution is 2.28. The maximum Gasteiger partial charge on any atom is 0.241 e. The number of hydrogen-bond acceptors (Lipinski definition) is 4. The van der Waals surface area contributed by atoms with Crippen molar-refractivity contribution in [3.8, 4) is 5.75 Å². The Morgan fingerprint density at radius 3 is 2.36 bits per heavy atom. The minimum atomic E-state index is -3.70. The van der Waals surface area contributed by atoms with Gasteiger partial charge in [-0.1, -0.05) is 40.9 Å². The van der Waals surface area contributed by atoms with Crippen molar-refractivity contribution in [1.82, 2.24) is 5.32 Å². The molecule has 0 aliphatic carbocycles. The van der Waals surface area contributed by atoms with Crippen molar-refractivity contribution in [3.05, 3.63) is 58.1 Å². The average molecular weight is 445 g/mol. The molecule has 9 heteroatoms. The van der Waals surface area contributed by atoms with E-state index in [9.17, 15) is 13.2 Å². The highest BCUT2D eigenvalue weighted by atomic mass is 35.5. The van der Waals surface area contributed by atoms with Gasteiger partial charge in [0.2, 0.25) is 15.9 Å². The zero-order valence-corrected chi connectivity index (χ0v) is 18.1. The Labute approximate surface area is 175 Å². The molecule has 0 aliphatic heterocycles. The molecule has 0 saturated heterocycles. The summed E-state index contributed by atoms with van der Waals surface area (Å²) in [7, 11) is -3.70. The van der Waals surface area contributed by atoms with Gasteiger partial charge in [0.25, 0.3) is 0 Å². The van der Waals surface area contributed by atoms with E-state index >= 15 is 0 Å². The Morgan fingerprint density at radius 1 is 1.14 bits per heavy atom. The van der Waals surface area contributed by atoms with E-state index in [2.05, 4.69) is 5.32 Å². The van der Waals surface area contributed by atoms with Crippen LogP contribution in [0.3, 0.4) is 0 Å². The van der Waals surface area contributed by atoms with E-state index in [1.807, 2.05) is 31.2 Å². The lowest BCUT2D eigenvalue weighted by Crippen LogP contribution is -2.44. The normalized spacial score (nSPS) is 12.3. The lowest BCUT2D eigenvalue weighted by Gasteiger charge is -2.23. The first-order valence-corrected chi connectivity index (χ1v) is 11.1. The molecule has 2 aromatic carbocycles. The number of aryl methyl sites for hydroxylation is 1. The number of carbonyl (C=O) groups excluding carboxylic acids is 1. The number of carbonyl (C=O) groups is 1. The van der Waals surface area contributed by atoms with Crippen LogP contribution in [0.4, 0.5) is 5.69 Å². The Kier molecular flexibility index (Phi) is 7.57. The molecule has 1 atom stereocenters. The van der Waals surface area contributed by atoms with Gasteiger partial charge in [-0.3, -0.25) is 9.10 Å². The van der Waals surface area contributed by atoms with Gasteiger partial charge in [0.15, 0.2) is 0 Å². The fourth-order valence-corrected chi connectivity index (χ4v) is 3.53. The molecule has 1 amide bonds. The number of halogens is 2. The summed E-state index contributed by atoms with van der Waals surface area (Å²) in [6.45, 7) is 3.62.